The molecule has 3 aromatic carbocycles. The third kappa shape index (κ3) is 10.7. The van der Waals surface area contributed by atoms with Crippen molar-refractivity contribution in [3.63, 3.8) is 0 Å². The van der Waals surface area contributed by atoms with Crippen molar-refractivity contribution in [2.75, 3.05) is 73.0 Å². The summed E-state index contributed by atoms with van der Waals surface area (Å²) in [5.74, 6) is -0.359. The largest absolute Gasteiger partial charge is 1.00 e. The normalized spacial score (nSPS) is 20.8. The lowest BCUT2D eigenvalue weighted by Crippen LogP contribution is -3.00. The Hall–Kier alpha value is -1.68. The zero-order valence-corrected chi connectivity index (χ0v) is 33.3. The van der Waals surface area contributed by atoms with Crippen LogP contribution in [0, 0.1) is 5.82 Å². The number of carbonyl (C=O) groups is 1. The van der Waals surface area contributed by atoms with Gasteiger partial charge in [-0.15, -0.1) is 24.0 Å². The van der Waals surface area contributed by atoms with Crippen molar-refractivity contribution in [2.24, 2.45) is 0 Å². The third-order valence-electron chi connectivity index (χ3n) is 10.2. The second-order valence-electron chi connectivity index (χ2n) is 14.4. The van der Waals surface area contributed by atoms with Crippen molar-refractivity contribution in [2.45, 2.75) is 51.5 Å². The van der Waals surface area contributed by atoms with E-state index in [0.29, 0.717) is 23.7 Å². The predicted molar refractivity (Wildman–Crippen MR) is 199 cm³/mol. The van der Waals surface area contributed by atoms with Gasteiger partial charge in [0, 0.05) is 101 Å². The van der Waals surface area contributed by atoms with Crippen LogP contribution < -0.4 is 34.6 Å². The van der Waals surface area contributed by atoms with Gasteiger partial charge in [0.15, 0.2) is 0 Å². The summed E-state index contributed by atoms with van der Waals surface area (Å²) < 4.78 is 16.2. The van der Waals surface area contributed by atoms with E-state index < -0.39 is 0 Å². The Kier molecular flexibility index (Phi) is 14.7. The van der Waals surface area contributed by atoms with Gasteiger partial charge in [-0.3, -0.25) is 19.5 Å². The number of carbonyl (C=O) groups excluding carboxylic acids is 1. The van der Waals surface area contributed by atoms with Crippen LogP contribution >= 0.6 is 24.0 Å². The molecule has 3 aromatic rings. The second kappa shape index (κ2) is 18.0. The number of halogens is 3. The van der Waals surface area contributed by atoms with Crippen molar-refractivity contribution in [1.29, 1.82) is 0 Å². The zero-order valence-electron chi connectivity index (χ0n) is 28.8. The molecule has 6 rings (SSSR count). The molecule has 10 heteroatoms. The van der Waals surface area contributed by atoms with Crippen LogP contribution in [0.5, 0.6) is 0 Å². The summed E-state index contributed by atoms with van der Waals surface area (Å²) in [5.41, 5.74) is 5.31. The molecule has 0 spiro atoms. The molecule has 3 aliphatic rings. The lowest BCUT2D eigenvalue weighted by Gasteiger charge is -2.44. The van der Waals surface area contributed by atoms with Gasteiger partial charge in [-0.1, -0.05) is 36.4 Å². The molecular weight excluding hydrogens is 829 g/mol. The molecule has 3 aliphatic heterocycles. The van der Waals surface area contributed by atoms with E-state index in [1.54, 1.807) is 6.07 Å². The summed E-state index contributed by atoms with van der Waals surface area (Å²) in [5, 5.41) is 6.55. The standard InChI is InChI=1S/C38H51FN6O.2HI/c1-29-26-43(15-14-40-29)28-31-6-4-8-33(22-31)36-24-30(10-11-37(36)39)25-41-38(46)34-9-5-7-32(23-34)27-42-16-18-44(19-17-42)35-12-20-45(2,3)21-13-35;;/h4-11,22-24,29,35,40H,12-21,25-28H2,1-3H3;2*1H/t29-;;/m0../s1. The van der Waals surface area contributed by atoms with E-state index in [0.717, 1.165) is 86.1 Å². The first-order valence-corrected chi connectivity index (χ1v) is 17.2. The van der Waals surface area contributed by atoms with Crippen LogP contribution in [-0.4, -0.2) is 110 Å². The summed E-state index contributed by atoms with van der Waals surface area (Å²) >= 11 is 0. The van der Waals surface area contributed by atoms with Crippen LogP contribution in [0.1, 0.15) is 46.8 Å². The number of hydrogen-bond donors (Lipinski definition) is 2. The summed E-state index contributed by atoms with van der Waals surface area (Å²) in [4.78, 5) is 20.8. The first-order chi connectivity index (χ1) is 22.2. The molecule has 0 aromatic heterocycles. The van der Waals surface area contributed by atoms with E-state index >= 15 is 4.39 Å². The SMILES string of the molecule is C[C@H]1CN(Cc2cccc(-c3cc(CNC(=O)c4cccc(CN5CCN(C6CC[N+](C)(C)CC6)CC5)c4)ccc3F)c2)CCN1.I.[I-]. The number of quaternary nitrogens is 1. The van der Waals surface area contributed by atoms with Crippen LogP contribution in [0.2, 0.25) is 0 Å². The highest BCUT2D eigenvalue weighted by molar-refractivity contribution is 14.0. The Bertz CT molecular complexity index is 1490. The van der Waals surface area contributed by atoms with Crippen LogP contribution in [0.15, 0.2) is 66.7 Å². The lowest BCUT2D eigenvalue weighted by atomic mass is 10.00. The van der Waals surface area contributed by atoms with E-state index in [1.165, 1.54) is 37.6 Å². The van der Waals surface area contributed by atoms with E-state index in [9.17, 15) is 4.79 Å². The van der Waals surface area contributed by atoms with Crippen LogP contribution in [0.25, 0.3) is 11.1 Å². The van der Waals surface area contributed by atoms with E-state index in [4.69, 9.17) is 0 Å². The van der Waals surface area contributed by atoms with Gasteiger partial charge in [0.2, 0.25) is 0 Å². The van der Waals surface area contributed by atoms with Gasteiger partial charge < -0.3 is 39.1 Å². The molecular formula is C38H53FI2N6O. The Balaban J connectivity index is 0.00000260. The average Bonchev–Trinajstić information content (AvgIpc) is 3.05. The van der Waals surface area contributed by atoms with Crippen molar-refractivity contribution in [3.8, 4) is 11.1 Å². The molecule has 262 valence electrons. The van der Waals surface area contributed by atoms with Crippen molar-refractivity contribution in [1.82, 2.24) is 25.3 Å². The Labute approximate surface area is 321 Å². The van der Waals surface area contributed by atoms with Crippen LogP contribution in [0.4, 0.5) is 4.39 Å². The van der Waals surface area contributed by atoms with Gasteiger partial charge in [-0.2, -0.15) is 0 Å². The third-order valence-corrected chi connectivity index (χ3v) is 10.2. The molecule has 2 N–H and O–H groups in total. The van der Waals surface area contributed by atoms with Crippen molar-refractivity contribution >= 4 is 29.9 Å². The minimum absolute atomic E-state index is 0. The topological polar surface area (TPSA) is 50.9 Å². The molecule has 0 aliphatic carbocycles. The number of piperazine rings is 2. The Morgan fingerprint density at radius 2 is 1.56 bits per heavy atom. The molecule has 3 heterocycles. The zero-order chi connectivity index (χ0) is 32.1. The molecule has 48 heavy (non-hydrogen) atoms. The molecule has 7 nitrogen and oxygen atoms in total. The number of nitrogens with one attached hydrogen (secondary N) is 2. The minimum atomic E-state index is -0.251. The minimum Gasteiger partial charge on any atom is -1.00 e. The van der Waals surface area contributed by atoms with E-state index in [1.807, 2.05) is 36.4 Å². The van der Waals surface area contributed by atoms with Gasteiger partial charge in [0.05, 0.1) is 27.2 Å². The van der Waals surface area contributed by atoms with Gasteiger partial charge in [0.1, 0.15) is 5.82 Å². The smallest absolute Gasteiger partial charge is 0.251 e. The highest BCUT2D eigenvalue weighted by Crippen LogP contribution is 2.26. The fourth-order valence-corrected chi connectivity index (χ4v) is 7.41. The first kappa shape index (κ1) is 39.1. The highest BCUT2D eigenvalue weighted by atomic mass is 127. The number of piperidine rings is 1. The summed E-state index contributed by atoms with van der Waals surface area (Å²) in [7, 11) is 4.69. The fraction of sp³-hybridized carbons (Fsp3) is 0.500. The summed E-state index contributed by atoms with van der Waals surface area (Å²) in [6, 6.07) is 22.5. The molecule has 0 unspecified atom stereocenters. The monoisotopic (exact) mass is 882 g/mol. The number of rotatable bonds is 9. The van der Waals surface area contributed by atoms with Gasteiger partial charge in [0.25, 0.3) is 5.91 Å². The van der Waals surface area contributed by atoms with E-state index in [2.05, 4.69) is 64.6 Å². The molecule has 1 amide bonds. The molecule has 3 saturated heterocycles. The second-order valence-corrected chi connectivity index (χ2v) is 14.4. The molecule has 1 atom stereocenters. The summed E-state index contributed by atoms with van der Waals surface area (Å²) in [6.07, 6.45) is 2.60. The number of hydrogen-bond acceptors (Lipinski definition) is 5. The first-order valence-electron chi connectivity index (χ1n) is 17.2. The van der Waals surface area contributed by atoms with Crippen molar-refractivity contribution < 1.29 is 37.6 Å². The number of likely N-dealkylation sites (tertiary alicyclic amines) is 1. The molecule has 3 fully saturated rings. The van der Waals surface area contributed by atoms with Gasteiger partial charge in [-0.25, -0.2) is 4.39 Å². The van der Waals surface area contributed by atoms with Gasteiger partial charge >= 0.3 is 0 Å². The maximum atomic E-state index is 15.0. The predicted octanol–water partition coefficient (Wildman–Crippen LogP) is 2.19. The van der Waals surface area contributed by atoms with E-state index in [-0.39, 0.29) is 59.7 Å². The number of amides is 1. The number of nitrogens with zero attached hydrogens (tertiary/aromatic N) is 4. The maximum Gasteiger partial charge on any atom is 0.251 e. The maximum absolute atomic E-state index is 15.0. The Morgan fingerprint density at radius 1 is 0.875 bits per heavy atom. The molecule has 0 saturated carbocycles. The van der Waals surface area contributed by atoms with Crippen LogP contribution in [-0.2, 0) is 19.6 Å². The van der Waals surface area contributed by atoms with Gasteiger partial charge in [-0.05, 0) is 59.5 Å². The van der Waals surface area contributed by atoms with Crippen LogP contribution in [0.3, 0.4) is 0 Å². The molecule has 0 bridgehead atoms. The summed E-state index contributed by atoms with van der Waals surface area (Å²) in [6.45, 7) is 14.2. The highest BCUT2D eigenvalue weighted by Gasteiger charge is 2.31. The average molecular weight is 883 g/mol. The fourth-order valence-electron chi connectivity index (χ4n) is 7.41. The number of benzene rings is 3. The van der Waals surface area contributed by atoms with Crippen molar-refractivity contribution in [3.05, 3.63) is 94.8 Å². The lowest BCUT2D eigenvalue weighted by molar-refractivity contribution is -0.895. The quantitative estimate of drug-likeness (QED) is 0.256. The Morgan fingerprint density at radius 3 is 2.29 bits per heavy atom. The molecule has 0 radical (unpaired) electrons.